The number of hydrogen-bond donors (Lipinski definition) is 2. The number of carbonyl (C=O) groups excluding carboxylic acids is 1. The molecule has 1 aliphatic heterocycles. The summed E-state index contributed by atoms with van der Waals surface area (Å²) in [6, 6.07) is 25.8. The van der Waals surface area contributed by atoms with E-state index in [0.29, 0.717) is 32.0 Å². The first kappa shape index (κ1) is 25.3. The van der Waals surface area contributed by atoms with Crippen LogP contribution in [0, 0.1) is 0 Å². The van der Waals surface area contributed by atoms with E-state index in [1.165, 1.54) is 11.3 Å². The molecule has 1 aliphatic rings. The van der Waals surface area contributed by atoms with Gasteiger partial charge in [0, 0.05) is 16.8 Å². The van der Waals surface area contributed by atoms with Crippen LogP contribution in [-0.2, 0) is 4.79 Å². The van der Waals surface area contributed by atoms with Gasteiger partial charge in [0.15, 0.2) is 4.80 Å². The molecule has 8 nitrogen and oxygen atoms in total. The van der Waals surface area contributed by atoms with Crippen molar-refractivity contribution >= 4 is 29.0 Å². The zero-order valence-corrected chi connectivity index (χ0v) is 22.6. The maximum Gasteiger partial charge on any atom is 0.271 e. The van der Waals surface area contributed by atoms with E-state index in [1.807, 2.05) is 91.0 Å². The van der Waals surface area contributed by atoms with Crippen molar-refractivity contribution < 1.29 is 9.53 Å². The molecule has 1 atom stereocenters. The summed E-state index contributed by atoms with van der Waals surface area (Å²) in [6.45, 7) is 1.80. The zero-order chi connectivity index (χ0) is 27.6. The number of hydrogen-bond acceptors (Lipinski definition) is 6. The monoisotopic (exact) mass is 547 g/mol. The number of thiazole rings is 1. The fourth-order valence-corrected chi connectivity index (χ4v) is 5.85. The van der Waals surface area contributed by atoms with Gasteiger partial charge in [0.2, 0.25) is 0 Å². The molecule has 2 aromatic heterocycles. The second kappa shape index (κ2) is 10.6. The van der Waals surface area contributed by atoms with Crippen molar-refractivity contribution in [3.05, 3.63) is 133 Å². The first-order chi connectivity index (χ1) is 19.5. The minimum absolute atomic E-state index is 0.234. The van der Waals surface area contributed by atoms with Gasteiger partial charge >= 0.3 is 0 Å². The lowest BCUT2D eigenvalue weighted by molar-refractivity contribution is -0.113. The van der Waals surface area contributed by atoms with E-state index in [0.717, 1.165) is 22.4 Å². The third-order valence-corrected chi connectivity index (χ3v) is 7.73. The van der Waals surface area contributed by atoms with Crippen LogP contribution in [0.4, 0.5) is 5.69 Å². The molecule has 0 saturated heterocycles. The Morgan fingerprint density at radius 3 is 2.42 bits per heavy atom. The van der Waals surface area contributed by atoms with Gasteiger partial charge < -0.3 is 10.1 Å². The van der Waals surface area contributed by atoms with Crippen molar-refractivity contribution in [2.24, 2.45) is 4.99 Å². The average Bonchev–Trinajstić information content (AvgIpc) is 3.57. The molecule has 0 spiro atoms. The van der Waals surface area contributed by atoms with Crippen LogP contribution in [0.5, 0.6) is 5.75 Å². The van der Waals surface area contributed by atoms with Gasteiger partial charge in [-0.1, -0.05) is 72.0 Å². The van der Waals surface area contributed by atoms with E-state index in [-0.39, 0.29) is 11.5 Å². The first-order valence-electron chi connectivity index (χ1n) is 12.6. The molecule has 0 aliphatic carbocycles. The van der Waals surface area contributed by atoms with E-state index in [2.05, 4.69) is 15.5 Å². The second-order valence-electron chi connectivity index (χ2n) is 9.24. The fourth-order valence-electron chi connectivity index (χ4n) is 4.82. The Balaban J connectivity index is 1.50. The van der Waals surface area contributed by atoms with Crippen molar-refractivity contribution in [1.82, 2.24) is 14.8 Å². The quantitative estimate of drug-likeness (QED) is 0.332. The Morgan fingerprint density at radius 1 is 1.02 bits per heavy atom. The summed E-state index contributed by atoms with van der Waals surface area (Å²) in [6.07, 6.45) is 3.52. The third-order valence-electron chi connectivity index (χ3n) is 6.75. The number of aromatic nitrogens is 3. The molecule has 0 fully saturated rings. The normalized spacial score (nSPS) is 14.9. The molecule has 3 heterocycles. The number of para-hydroxylation sites is 1. The number of fused-ring (bicyclic) bond motifs is 1. The summed E-state index contributed by atoms with van der Waals surface area (Å²) in [5, 5.41) is 10.2. The summed E-state index contributed by atoms with van der Waals surface area (Å²) in [5.74, 6) is 0.365. The topological polar surface area (TPSA) is 101 Å². The van der Waals surface area contributed by atoms with Gasteiger partial charge in [0.1, 0.15) is 5.75 Å². The number of ether oxygens (including phenoxy) is 1. The van der Waals surface area contributed by atoms with Crippen molar-refractivity contribution in [2.45, 2.75) is 13.0 Å². The number of nitrogens with one attached hydrogen (secondary N) is 2. The van der Waals surface area contributed by atoms with E-state index < -0.39 is 6.04 Å². The highest BCUT2D eigenvalue weighted by Gasteiger charge is 2.32. The highest BCUT2D eigenvalue weighted by molar-refractivity contribution is 7.07. The predicted octanol–water partition coefficient (Wildman–Crippen LogP) is 4.27. The lowest BCUT2D eigenvalue weighted by atomic mass is 9.95. The SMILES string of the molecule is COc1ccc(C2C(C(=O)Nc3ccccc3)=C(C)N=c3sc(=Cc4cn[nH]c4-c4ccccc4)c(=O)n32)cc1. The molecule has 1 amide bonds. The van der Waals surface area contributed by atoms with Gasteiger partial charge in [0.25, 0.3) is 11.5 Å². The Bertz CT molecular complexity index is 1900. The summed E-state index contributed by atoms with van der Waals surface area (Å²) in [4.78, 5) is 32.9. The molecule has 5 aromatic rings. The molecule has 0 radical (unpaired) electrons. The van der Waals surface area contributed by atoms with Crippen molar-refractivity contribution in [3.63, 3.8) is 0 Å². The van der Waals surface area contributed by atoms with Crippen molar-refractivity contribution in [1.29, 1.82) is 0 Å². The Kier molecular flexibility index (Phi) is 6.71. The molecule has 40 heavy (non-hydrogen) atoms. The van der Waals surface area contributed by atoms with Gasteiger partial charge in [0.05, 0.1) is 40.8 Å². The predicted molar refractivity (Wildman–Crippen MR) is 156 cm³/mol. The summed E-state index contributed by atoms with van der Waals surface area (Å²) >= 11 is 1.29. The molecular weight excluding hydrogens is 522 g/mol. The number of rotatable bonds is 6. The van der Waals surface area contributed by atoms with Crippen LogP contribution in [0.3, 0.4) is 0 Å². The highest BCUT2D eigenvalue weighted by atomic mass is 32.1. The third kappa shape index (κ3) is 4.67. The molecule has 2 N–H and O–H groups in total. The van der Waals surface area contributed by atoms with Crippen LogP contribution in [0.15, 0.2) is 112 Å². The van der Waals surface area contributed by atoms with E-state index in [9.17, 15) is 9.59 Å². The van der Waals surface area contributed by atoms with Crippen molar-refractivity contribution in [3.8, 4) is 17.0 Å². The number of anilines is 1. The number of amides is 1. The van der Waals surface area contributed by atoms with Crippen LogP contribution in [0.25, 0.3) is 17.3 Å². The smallest absolute Gasteiger partial charge is 0.271 e. The summed E-state index contributed by atoms with van der Waals surface area (Å²) < 4.78 is 7.44. The van der Waals surface area contributed by atoms with E-state index in [4.69, 9.17) is 9.73 Å². The lowest BCUT2D eigenvalue weighted by Crippen LogP contribution is -2.40. The molecule has 9 heteroatoms. The number of aromatic amines is 1. The number of benzene rings is 3. The van der Waals surface area contributed by atoms with Gasteiger partial charge in [-0.25, -0.2) is 4.99 Å². The molecule has 6 rings (SSSR count). The van der Waals surface area contributed by atoms with Gasteiger partial charge in [-0.2, -0.15) is 5.10 Å². The summed E-state index contributed by atoms with van der Waals surface area (Å²) in [7, 11) is 1.60. The van der Waals surface area contributed by atoms with Crippen LogP contribution in [0.1, 0.15) is 24.1 Å². The fraction of sp³-hybridized carbons (Fsp3) is 0.0968. The van der Waals surface area contributed by atoms with E-state index >= 15 is 0 Å². The zero-order valence-electron chi connectivity index (χ0n) is 21.8. The largest absolute Gasteiger partial charge is 0.497 e. The number of methoxy groups -OCH3 is 1. The van der Waals surface area contributed by atoms with Crippen LogP contribution < -0.4 is 24.9 Å². The Hall–Kier alpha value is -5.02. The van der Waals surface area contributed by atoms with Gasteiger partial charge in [-0.05, 0) is 42.8 Å². The number of allylic oxidation sites excluding steroid dienone is 1. The van der Waals surface area contributed by atoms with Gasteiger partial charge in [-0.15, -0.1) is 0 Å². The average molecular weight is 548 g/mol. The molecular formula is C31H25N5O3S. The van der Waals surface area contributed by atoms with Crippen LogP contribution in [0.2, 0.25) is 0 Å². The molecule has 198 valence electrons. The van der Waals surface area contributed by atoms with Crippen molar-refractivity contribution in [2.75, 3.05) is 12.4 Å². The van der Waals surface area contributed by atoms with Crippen LogP contribution in [-0.4, -0.2) is 27.8 Å². The minimum Gasteiger partial charge on any atom is -0.497 e. The first-order valence-corrected chi connectivity index (χ1v) is 13.5. The molecule has 3 aromatic carbocycles. The molecule has 1 unspecified atom stereocenters. The van der Waals surface area contributed by atoms with E-state index in [1.54, 1.807) is 24.8 Å². The maximum atomic E-state index is 14.0. The minimum atomic E-state index is -0.675. The number of nitrogens with zero attached hydrogens (tertiary/aromatic N) is 3. The molecule has 0 bridgehead atoms. The second-order valence-corrected chi connectivity index (χ2v) is 10.3. The van der Waals surface area contributed by atoms with Crippen LogP contribution >= 0.6 is 11.3 Å². The lowest BCUT2D eigenvalue weighted by Gasteiger charge is -2.25. The number of carbonyl (C=O) groups is 1. The number of H-pyrrole nitrogens is 1. The maximum absolute atomic E-state index is 14.0. The molecule has 0 saturated carbocycles. The highest BCUT2D eigenvalue weighted by Crippen LogP contribution is 2.32. The standard InChI is InChI=1S/C31H25N5O3S/c1-19-26(29(37)34-23-11-7-4-8-12-23)28(21-13-15-24(39-2)16-14-21)36-30(38)25(40-31(36)33-19)17-22-18-32-35-27(22)20-9-5-3-6-10-20/h3-18,28H,1-2H3,(H,32,35)(H,34,37). The summed E-state index contributed by atoms with van der Waals surface area (Å²) in [5.41, 5.74) is 4.72. The Morgan fingerprint density at radius 2 is 1.73 bits per heavy atom. The van der Waals surface area contributed by atoms with Gasteiger partial charge in [-0.3, -0.25) is 19.3 Å². The Labute approximate surface area is 233 Å².